The van der Waals surface area contributed by atoms with Gasteiger partial charge in [0.15, 0.2) is 0 Å². The molecule has 5 nitrogen and oxygen atoms in total. The molecule has 1 aliphatic heterocycles. The summed E-state index contributed by atoms with van der Waals surface area (Å²) in [7, 11) is 0. The van der Waals surface area contributed by atoms with Crippen molar-refractivity contribution in [2.45, 2.75) is 31.3 Å². The lowest BCUT2D eigenvalue weighted by atomic mass is 9.93. The van der Waals surface area contributed by atoms with Gasteiger partial charge in [-0.2, -0.15) is 0 Å². The van der Waals surface area contributed by atoms with Crippen LogP contribution in [0.3, 0.4) is 0 Å². The highest BCUT2D eigenvalue weighted by Gasteiger charge is 2.34. The van der Waals surface area contributed by atoms with Crippen LogP contribution in [0.25, 0.3) is 0 Å². The fourth-order valence-corrected chi connectivity index (χ4v) is 2.67. The van der Waals surface area contributed by atoms with Gasteiger partial charge >= 0.3 is 0 Å². The van der Waals surface area contributed by atoms with Gasteiger partial charge in [0.05, 0.1) is 24.7 Å². The topological polar surface area (TPSA) is 67.8 Å². The Bertz CT molecular complexity index is 457. The fourth-order valence-electron chi connectivity index (χ4n) is 2.67. The number of benzene rings is 1. The lowest BCUT2D eigenvalue weighted by Crippen LogP contribution is -2.49. The first-order valence-corrected chi connectivity index (χ1v) is 7.82. The maximum Gasteiger partial charge on any atom is 0.227 e. The van der Waals surface area contributed by atoms with Crippen LogP contribution in [0.1, 0.15) is 31.2 Å². The fraction of sp³-hybridized carbons (Fsp3) is 0.588. The molecule has 5 heteroatoms. The minimum atomic E-state index is -0.424. The molecule has 1 amide bonds. The van der Waals surface area contributed by atoms with Crippen molar-refractivity contribution in [3.8, 4) is 0 Å². The van der Waals surface area contributed by atoms with Crippen LogP contribution in [-0.4, -0.2) is 49.6 Å². The maximum absolute atomic E-state index is 12.4. The number of ether oxygens (including phenoxy) is 2. The molecule has 1 aromatic carbocycles. The number of nitrogens with one attached hydrogen (secondary N) is 1. The van der Waals surface area contributed by atoms with Gasteiger partial charge in [-0.15, -0.1) is 0 Å². The molecule has 1 atom stereocenters. The van der Waals surface area contributed by atoms with Crippen LogP contribution in [-0.2, 0) is 14.3 Å². The van der Waals surface area contributed by atoms with Gasteiger partial charge in [0, 0.05) is 32.6 Å². The second-order valence-corrected chi connectivity index (χ2v) is 5.72. The van der Waals surface area contributed by atoms with Gasteiger partial charge in [0.2, 0.25) is 5.91 Å². The van der Waals surface area contributed by atoms with Gasteiger partial charge in [0.1, 0.15) is 0 Å². The highest BCUT2D eigenvalue weighted by Crippen LogP contribution is 2.25. The predicted octanol–water partition coefficient (Wildman–Crippen LogP) is 1.46. The summed E-state index contributed by atoms with van der Waals surface area (Å²) in [6.45, 7) is 3.86. The molecule has 0 bridgehead atoms. The van der Waals surface area contributed by atoms with E-state index in [-0.39, 0.29) is 25.0 Å². The Labute approximate surface area is 131 Å². The molecule has 122 valence electrons. The number of hydrogen-bond acceptors (Lipinski definition) is 4. The zero-order valence-corrected chi connectivity index (χ0v) is 13.1. The Morgan fingerprint density at radius 1 is 1.36 bits per heavy atom. The van der Waals surface area contributed by atoms with Crippen molar-refractivity contribution in [3.63, 3.8) is 0 Å². The number of amides is 1. The van der Waals surface area contributed by atoms with E-state index < -0.39 is 5.60 Å². The molecule has 0 unspecified atom stereocenters. The zero-order valence-electron chi connectivity index (χ0n) is 13.1. The average molecular weight is 307 g/mol. The van der Waals surface area contributed by atoms with Gasteiger partial charge < -0.3 is 19.9 Å². The summed E-state index contributed by atoms with van der Waals surface area (Å²) in [4.78, 5) is 12.4. The number of carbonyl (C=O) groups excluding carboxylic acids is 1. The quantitative estimate of drug-likeness (QED) is 0.800. The third kappa shape index (κ3) is 4.53. The Kier molecular flexibility index (Phi) is 6.36. The highest BCUT2D eigenvalue weighted by molar-refractivity contribution is 5.83. The van der Waals surface area contributed by atoms with E-state index in [0.717, 1.165) is 18.4 Å². The van der Waals surface area contributed by atoms with E-state index in [2.05, 4.69) is 5.32 Å². The number of aliphatic hydroxyl groups is 1. The van der Waals surface area contributed by atoms with Crippen molar-refractivity contribution in [2.24, 2.45) is 0 Å². The molecule has 0 aromatic heterocycles. The third-order valence-corrected chi connectivity index (χ3v) is 4.18. The van der Waals surface area contributed by atoms with Crippen LogP contribution >= 0.6 is 0 Å². The molecule has 2 rings (SSSR count). The summed E-state index contributed by atoms with van der Waals surface area (Å²) in [5.41, 5.74) is 0.574. The van der Waals surface area contributed by atoms with E-state index in [9.17, 15) is 4.79 Å². The van der Waals surface area contributed by atoms with Crippen LogP contribution in [0.5, 0.6) is 0 Å². The molecule has 1 fully saturated rings. The van der Waals surface area contributed by atoms with E-state index in [0.29, 0.717) is 19.8 Å². The SMILES string of the molecule is C[C@H](C(=O)NCC1(OCCO)CCOCC1)c1ccccc1. The largest absolute Gasteiger partial charge is 0.394 e. The lowest BCUT2D eigenvalue weighted by molar-refractivity contribution is -0.131. The monoisotopic (exact) mass is 307 g/mol. The van der Waals surface area contributed by atoms with E-state index >= 15 is 0 Å². The Morgan fingerprint density at radius 2 is 2.05 bits per heavy atom. The summed E-state index contributed by atoms with van der Waals surface area (Å²) >= 11 is 0. The van der Waals surface area contributed by atoms with Gasteiger partial charge in [-0.1, -0.05) is 30.3 Å². The predicted molar refractivity (Wildman–Crippen MR) is 83.7 cm³/mol. The highest BCUT2D eigenvalue weighted by atomic mass is 16.5. The molecule has 0 spiro atoms. The van der Waals surface area contributed by atoms with Gasteiger partial charge in [-0.05, 0) is 12.5 Å². The van der Waals surface area contributed by atoms with E-state index in [1.165, 1.54) is 0 Å². The molecule has 1 aliphatic rings. The summed E-state index contributed by atoms with van der Waals surface area (Å²) in [5.74, 6) is -0.208. The van der Waals surface area contributed by atoms with Crippen LogP contribution in [0.4, 0.5) is 0 Å². The molecule has 1 saturated heterocycles. The number of hydrogen-bond donors (Lipinski definition) is 2. The van der Waals surface area contributed by atoms with Crippen LogP contribution in [0.2, 0.25) is 0 Å². The number of rotatable bonds is 7. The molecule has 1 heterocycles. The van der Waals surface area contributed by atoms with Crippen molar-refractivity contribution >= 4 is 5.91 Å². The molecule has 22 heavy (non-hydrogen) atoms. The molecular weight excluding hydrogens is 282 g/mol. The average Bonchev–Trinajstić information content (AvgIpc) is 2.59. The minimum Gasteiger partial charge on any atom is -0.394 e. The van der Waals surface area contributed by atoms with Gasteiger partial charge in [-0.3, -0.25) is 4.79 Å². The molecular formula is C17H25NO4. The number of aliphatic hydroxyl groups excluding tert-OH is 1. The normalized spacial score (nSPS) is 18.6. The van der Waals surface area contributed by atoms with E-state index in [1.807, 2.05) is 37.3 Å². The van der Waals surface area contributed by atoms with Crippen molar-refractivity contribution in [2.75, 3.05) is 33.0 Å². The van der Waals surface area contributed by atoms with Gasteiger partial charge in [-0.25, -0.2) is 0 Å². The lowest BCUT2D eigenvalue weighted by Gasteiger charge is -2.37. The Balaban J connectivity index is 1.92. The first kappa shape index (κ1) is 16.9. The Hall–Kier alpha value is -1.43. The van der Waals surface area contributed by atoms with Crippen molar-refractivity contribution < 1.29 is 19.4 Å². The maximum atomic E-state index is 12.4. The second kappa shape index (κ2) is 8.27. The summed E-state index contributed by atoms with van der Waals surface area (Å²) < 4.78 is 11.2. The van der Waals surface area contributed by atoms with Crippen LogP contribution in [0, 0.1) is 0 Å². The number of carbonyl (C=O) groups is 1. The molecule has 0 radical (unpaired) electrons. The summed E-state index contributed by atoms with van der Waals surface area (Å²) in [5, 5.41) is 12.0. The van der Waals surface area contributed by atoms with Crippen molar-refractivity contribution in [1.29, 1.82) is 0 Å². The zero-order chi connectivity index (χ0) is 15.8. The molecule has 1 aromatic rings. The summed E-state index contributed by atoms with van der Waals surface area (Å²) in [6, 6.07) is 9.72. The molecule has 0 aliphatic carbocycles. The minimum absolute atomic E-state index is 0.00957. The van der Waals surface area contributed by atoms with E-state index in [1.54, 1.807) is 0 Å². The van der Waals surface area contributed by atoms with Crippen molar-refractivity contribution in [1.82, 2.24) is 5.32 Å². The summed E-state index contributed by atoms with van der Waals surface area (Å²) in [6.07, 6.45) is 1.46. The smallest absolute Gasteiger partial charge is 0.227 e. The second-order valence-electron chi connectivity index (χ2n) is 5.72. The van der Waals surface area contributed by atoms with Crippen LogP contribution < -0.4 is 5.32 Å². The van der Waals surface area contributed by atoms with Gasteiger partial charge in [0.25, 0.3) is 0 Å². The third-order valence-electron chi connectivity index (χ3n) is 4.18. The van der Waals surface area contributed by atoms with Crippen LogP contribution in [0.15, 0.2) is 30.3 Å². The molecule has 0 saturated carbocycles. The van der Waals surface area contributed by atoms with E-state index in [4.69, 9.17) is 14.6 Å². The standard InChI is InChI=1S/C17H25NO4/c1-14(15-5-3-2-4-6-15)16(20)18-13-17(22-12-9-19)7-10-21-11-8-17/h2-6,14,19H,7-13H2,1H3,(H,18,20)/t14-/m0/s1. The first-order chi connectivity index (χ1) is 10.7. The van der Waals surface area contributed by atoms with Crippen molar-refractivity contribution in [3.05, 3.63) is 35.9 Å². The first-order valence-electron chi connectivity index (χ1n) is 7.82. The molecule has 2 N–H and O–H groups in total. The Morgan fingerprint density at radius 3 is 2.68 bits per heavy atom.